The first-order valence-corrected chi connectivity index (χ1v) is 10.5. The van der Waals surface area contributed by atoms with E-state index >= 15 is 0 Å². The maximum absolute atomic E-state index is 12.5. The van der Waals surface area contributed by atoms with Gasteiger partial charge in [-0.25, -0.2) is 4.79 Å². The smallest absolute Gasteiger partial charge is 0.348 e. The molecule has 0 radical (unpaired) electrons. The number of nitriles is 1. The van der Waals surface area contributed by atoms with Gasteiger partial charge in [-0.2, -0.15) is 5.26 Å². The second kappa shape index (κ2) is 8.20. The van der Waals surface area contributed by atoms with Crippen LogP contribution in [-0.4, -0.2) is 23.1 Å². The van der Waals surface area contributed by atoms with Crippen molar-refractivity contribution in [2.75, 3.05) is 11.9 Å². The van der Waals surface area contributed by atoms with Gasteiger partial charge in [0.25, 0.3) is 5.91 Å². The monoisotopic (exact) mass is 423 g/mol. The largest absolute Gasteiger partial charge is 0.467 e. The minimum absolute atomic E-state index is 0.373. The molecular weight excluding hydrogens is 402 g/mol. The van der Waals surface area contributed by atoms with Crippen molar-refractivity contribution in [3.05, 3.63) is 62.4 Å². The molecule has 1 amide bonds. The number of carbonyl (C=O) groups excluding carboxylic acids is 2. The Hall–Kier alpha value is -3.31. The molecule has 0 aromatic carbocycles. The van der Waals surface area contributed by atoms with Gasteiger partial charge in [0, 0.05) is 10.6 Å². The van der Waals surface area contributed by atoms with E-state index in [0.717, 1.165) is 30.5 Å². The molecule has 0 unspecified atom stereocenters. The molecule has 3 aromatic rings. The molecule has 3 aromatic heterocycles. The number of nitrogens with zero attached hydrogens (tertiary/aromatic N) is 2. The minimum atomic E-state index is -0.498. The fourth-order valence-electron chi connectivity index (χ4n) is 3.69. The first-order valence-electron chi connectivity index (χ1n) is 9.68. The number of aryl methyl sites for hydroxylation is 2. The molecule has 0 bridgehead atoms. The normalized spacial score (nSPS) is 12.4. The molecule has 0 atom stereocenters. The van der Waals surface area contributed by atoms with E-state index in [2.05, 4.69) is 11.4 Å². The molecule has 0 spiro atoms. The predicted octanol–water partition coefficient (Wildman–Crippen LogP) is 3.96. The molecule has 4 rings (SSSR count). The summed E-state index contributed by atoms with van der Waals surface area (Å²) in [7, 11) is 0. The van der Waals surface area contributed by atoms with E-state index in [9.17, 15) is 14.9 Å². The van der Waals surface area contributed by atoms with Gasteiger partial charge in [-0.3, -0.25) is 4.79 Å². The van der Waals surface area contributed by atoms with E-state index < -0.39 is 18.5 Å². The third-order valence-electron chi connectivity index (χ3n) is 5.38. The van der Waals surface area contributed by atoms with Crippen molar-refractivity contribution in [1.82, 2.24) is 4.57 Å². The number of ether oxygens (including phenoxy) is 1. The van der Waals surface area contributed by atoms with Gasteiger partial charge in [0.2, 0.25) is 0 Å². The highest BCUT2D eigenvalue weighted by atomic mass is 32.1. The quantitative estimate of drug-likeness (QED) is 0.605. The van der Waals surface area contributed by atoms with Crippen molar-refractivity contribution in [3.8, 4) is 6.07 Å². The molecule has 1 aliphatic rings. The average Bonchev–Trinajstić information content (AvgIpc) is 3.49. The molecule has 1 N–H and O–H groups in total. The van der Waals surface area contributed by atoms with Crippen LogP contribution in [0.4, 0.5) is 5.82 Å². The minimum Gasteiger partial charge on any atom is -0.467 e. The maximum atomic E-state index is 12.5. The van der Waals surface area contributed by atoms with Gasteiger partial charge in [-0.05, 0) is 62.4 Å². The first-order chi connectivity index (χ1) is 14.5. The maximum Gasteiger partial charge on any atom is 0.348 e. The van der Waals surface area contributed by atoms with Crippen molar-refractivity contribution in [2.45, 2.75) is 39.7 Å². The van der Waals surface area contributed by atoms with E-state index in [1.807, 2.05) is 30.5 Å². The number of hydrogen-bond donors (Lipinski definition) is 1. The lowest BCUT2D eigenvalue weighted by atomic mass is 10.2. The lowest BCUT2D eigenvalue weighted by Gasteiger charge is -2.12. The van der Waals surface area contributed by atoms with E-state index in [0.29, 0.717) is 28.6 Å². The zero-order chi connectivity index (χ0) is 21.3. The number of anilines is 1. The Morgan fingerprint density at radius 2 is 2.20 bits per heavy atom. The van der Waals surface area contributed by atoms with Crippen LogP contribution in [0.5, 0.6) is 0 Å². The summed E-state index contributed by atoms with van der Waals surface area (Å²) in [6.45, 7) is 3.66. The number of fused-ring (bicyclic) bond motifs is 1. The zero-order valence-corrected chi connectivity index (χ0v) is 17.6. The number of esters is 1. The van der Waals surface area contributed by atoms with Crippen LogP contribution >= 0.6 is 11.3 Å². The Balaban J connectivity index is 1.46. The number of amides is 1. The molecule has 30 heavy (non-hydrogen) atoms. The summed E-state index contributed by atoms with van der Waals surface area (Å²) < 4.78 is 12.4. The lowest BCUT2D eigenvalue weighted by Crippen LogP contribution is -2.23. The Morgan fingerprint density at radius 3 is 2.90 bits per heavy atom. The molecule has 154 valence electrons. The van der Waals surface area contributed by atoms with Crippen LogP contribution in [0.25, 0.3) is 0 Å². The third kappa shape index (κ3) is 3.76. The fraction of sp³-hybridized carbons (Fsp3) is 0.318. The number of hydrogen-bond acceptors (Lipinski definition) is 6. The van der Waals surface area contributed by atoms with E-state index in [4.69, 9.17) is 9.15 Å². The number of thiophene rings is 1. The predicted molar refractivity (Wildman–Crippen MR) is 112 cm³/mol. The highest BCUT2D eigenvalue weighted by Crippen LogP contribution is 2.31. The molecule has 0 aliphatic heterocycles. The van der Waals surface area contributed by atoms with Crippen molar-refractivity contribution < 1.29 is 18.7 Å². The van der Waals surface area contributed by atoms with Gasteiger partial charge in [0.05, 0.1) is 18.4 Å². The number of aromatic nitrogens is 1. The standard InChI is InChI=1S/C22H21N3O4S/c1-13-14(2)25(11-16-6-4-8-28-16)21(17(13)10-23)24-20(26)12-29-22(27)19-9-15-5-3-7-18(15)30-19/h4,6,8-9H,3,5,7,11-12H2,1-2H3,(H,24,26). The number of carbonyl (C=O) groups is 2. The first kappa shape index (κ1) is 20.0. The van der Waals surface area contributed by atoms with Gasteiger partial charge in [0.15, 0.2) is 6.61 Å². The summed E-state index contributed by atoms with van der Waals surface area (Å²) in [5.41, 5.74) is 3.22. The number of nitrogens with one attached hydrogen (secondary N) is 1. The molecule has 8 heteroatoms. The SMILES string of the molecule is Cc1c(C#N)c(NC(=O)COC(=O)c2cc3c(s2)CCC3)n(Cc2ccco2)c1C. The van der Waals surface area contributed by atoms with Crippen LogP contribution in [0.2, 0.25) is 0 Å². The van der Waals surface area contributed by atoms with Crippen molar-refractivity contribution in [1.29, 1.82) is 5.26 Å². The van der Waals surface area contributed by atoms with Crippen molar-refractivity contribution >= 4 is 29.0 Å². The number of furan rings is 1. The number of rotatable bonds is 6. The molecule has 0 saturated heterocycles. The molecular formula is C22H21N3O4S. The molecule has 0 fully saturated rings. The second-order valence-electron chi connectivity index (χ2n) is 7.25. The van der Waals surface area contributed by atoms with E-state index in [1.165, 1.54) is 21.8 Å². The van der Waals surface area contributed by atoms with Crippen LogP contribution in [0, 0.1) is 25.2 Å². The zero-order valence-electron chi connectivity index (χ0n) is 16.8. The second-order valence-corrected chi connectivity index (χ2v) is 8.39. The Labute approximate surface area is 177 Å². The Bertz CT molecular complexity index is 1130. The fourth-order valence-corrected chi connectivity index (χ4v) is 4.83. The van der Waals surface area contributed by atoms with E-state index in [1.54, 1.807) is 12.3 Å². The van der Waals surface area contributed by atoms with Crippen LogP contribution in [0.3, 0.4) is 0 Å². The lowest BCUT2D eigenvalue weighted by molar-refractivity contribution is -0.119. The molecule has 7 nitrogen and oxygen atoms in total. The van der Waals surface area contributed by atoms with Gasteiger partial charge in [-0.15, -0.1) is 11.3 Å². The van der Waals surface area contributed by atoms with Gasteiger partial charge >= 0.3 is 5.97 Å². The Kier molecular flexibility index (Phi) is 5.46. The van der Waals surface area contributed by atoms with Gasteiger partial charge in [0.1, 0.15) is 22.5 Å². The van der Waals surface area contributed by atoms with E-state index in [-0.39, 0.29) is 0 Å². The van der Waals surface area contributed by atoms with Gasteiger partial charge in [-0.1, -0.05) is 0 Å². The highest BCUT2D eigenvalue weighted by Gasteiger charge is 2.22. The van der Waals surface area contributed by atoms with Gasteiger partial charge < -0.3 is 19.0 Å². The van der Waals surface area contributed by atoms with Crippen molar-refractivity contribution in [3.63, 3.8) is 0 Å². The summed E-state index contributed by atoms with van der Waals surface area (Å²) in [6.07, 6.45) is 4.68. The summed E-state index contributed by atoms with van der Waals surface area (Å²) in [5.74, 6) is 0.0795. The molecule has 3 heterocycles. The van der Waals surface area contributed by atoms with Crippen LogP contribution in [0.1, 0.15) is 49.1 Å². The highest BCUT2D eigenvalue weighted by molar-refractivity contribution is 7.14. The summed E-state index contributed by atoms with van der Waals surface area (Å²) in [5, 5.41) is 12.3. The van der Waals surface area contributed by atoms with Crippen molar-refractivity contribution in [2.24, 2.45) is 0 Å². The third-order valence-corrected chi connectivity index (χ3v) is 6.59. The summed E-state index contributed by atoms with van der Waals surface area (Å²) >= 11 is 1.44. The topological polar surface area (TPSA) is 97.3 Å². The Morgan fingerprint density at radius 1 is 1.37 bits per heavy atom. The molecule has 0 saturated carbocycles. The van der Waals surface area contributed by atoms with Crippen LogP contribution < -0.4 is 5.32 Å². The van der Waals surface area contributed by atoms with Crippen LogP contribution in [-0.2, 0) is 28.9 Å². The average molecular weight is 423 g/mol. The summed E-state index contributed by atoms with van der Waals surface area (Å²) in [6, 6.07) is 7.62. The summed E-state index contributed by atoms with van der Waals surface area (Å²) in [4.78, 5) is 26.6. The molecule has 1 aliphatic carbocycles. The van der Waals surface area contributed by atoms with Crippen LogP contribution in [0.15, 0.2) is 28.9 Å².